The first-order chi connectivity index (χ1) is 10.1. The van der Waals surface area contributed by atoms with Crippen molar-refractivity contribution < 1.29 is 14.3 Å². The van der Waals surface area contributed by atoms with Crippen molar-refractivity contribution in [2.45, 2.75) is 13.8 Å². The van der Waals surface area contributed by atoms with Crippen molar-refractivity contribution in [3.8, 4) is 0 Å². The molecule has 2 N–H and O–H groups in total. The first-order valence-corrected chi connectivity index (χ1v) is 7.23. The lowest BCUT2D eigenvalue weighted by molar-refractivity contribution is 0.0520. The molecule has 21 heavy (non-hydrogen) atoms. The Bertz CT molecular complexity index is 637. The van der Waals surface area contributed by atoms with Crippen LogP contribution < -0.4 is 10.6 Å². The number of esters is 1. The highest BCUT2D eigenvalue weighted by Crippen LogP contribution is 2.17. The Morgan fingerprint density at radius 2 is 1.95 bits per heavy atom. The van der Waals surface area contributed by atoms with Gasteiger partial charge in [-0.25, -0.2) is 14.6 Å². The molecule has 2 rings (SSSR count). The number of hydrogen-bond donors (Lipinski definition) is 2. The molecule has 0 fully saturated rings. The SMILES string of the molecule is CCOC(=O)c1csc(NC(=O)Nc2ccc(C)cc2)n1. The molecular formula is C14H15N3O3S. The van der Waals surface area contributed by atoms with Crippen molar-refractivity contribution in [3.63, 3.8) is 0 Å². The predicted molar refractivity (Wildman–Crippen MR) is 81.9 cm³/mol. The number of benzene rings is 1. The molecular weight excluding hydrogens is 290 g/mol. The summed E-state index contributed by atoms with van der Waals surface area (Å²) in [5.74, 6) is -0.499. The summed E-state index contributed by atoms with van der Waals surface area (Å²) < 4.78 is 4.83. The van der Waals surface area contributed by atoms with E-state index in [-0.39, 0.29) is 12.3 Å². The fraction of sp³-hybridized carbons (Fsp3) is 0.214. The molecule has 0 radical (unpaired) electrons. The van der Waals surface area contributed by atoms with Crippen LogP contribution in [0.4, 0.5) is 15.6 Å². The average molecular weight is 305 g/mol. The number of anilines is 2. The Balaban J connectivity index is 1.93. The Morgan fingerprint density at radius 3 is 2.62 bits per heavy atom. The maximum absolute atomic E-state index is 11.8. The minimum atomic E-state index is -0.499. The van der Waals surface area contributed by atoms with Gasteiger partial charge in [-0.15, -0.1) is 11.3 Å². The first kappa shape index (κ1) is 15.0. The highest BCUT2D eigenvalue weighted by molar-refractivity contribution is 7.14. The van der Waals surface area contributed by atoms with Crippen LogP contribution >= 0.6 is 11.3 Å². The number of nitrogens with zero attached hydrogens (tertiary/aromatic N) is 1. The molecule has 0 spiro atoms. The van der Waals surface area contributed by atoms with Crippen LogP contribution in [0, 0.1) is 6.92 Å². The number of thiazole rings is 1. The van der Waals surface area contributed by atoms with E-state index < -0.39 is 12.0 Å². The van der Waals surface area contributed by atoms with Gasteiger partial charge in [0.15, 0.2) is 10.8 Å². The Kier molecular flexibility index (Phi) is 4.89. The van der Waals surface area contributed by atoms with Crippen molar-refractivity contribution in [3.05, 3.63) is 40.9 Å². The van der Waals surface area contributed by atoms with E-state index in [1.165, 1.54) is 0 Å². The maximum Gasteiger partial charge on any atom is 0.357 e. The largest absolute Gasteiger partial charge is 0.461 e. The lowest BCUT2D eigenvalue weighted by Crippen LogP contribution is -2.19. The van der Waals surface area contributed by atoms with E-state index >= 15 is 0 Å². The van der Waals surface area contributed by atoms with Gasteiger partial charge in [-0.1, -0.05) is 17.7 Å². The molecule has 1 heterocycles. The summed E-state index contributed by atoms with van der Waals surface area (Å²) >= 11 is 1.16. The summed E-state index contributed by atoms with van der Waals surface area (Å²) in [6, 6.07) is 7.00. The number of carbonyl (C=O) groups is 2. The second-order valence-corrected chi connectivity index (χ2v) is 5.06. The van der Waals surface area contributed by atoms with Gasteiger partial charge < -0.3 is 10.1 Å². The van der Waals surface area contributed by atoms with Gasteiger partial charge in [-0.3, -0.25) is 5.32 Å². The van der Waals surface area contributed by atoms with Crippen molar-refractivity contribution >= 4 is 34.2 Å². The van der Waals surface area contributed by atoms with Crippen LogP contribution in [0.3, 0.4) is 0 Å². The highest BCUT2D eigenvalue weighted by atomic mass is 32.1. The zero-order chi connectivity index (χ0) is 15.2. The number of aryl methyl sites for hydroxylation is 1. The van der Waals surface area contributed by atoms with Crippen LogP contribution in [0.2, 0.25) is 0 Å². The molecule has 0 aliphatic carbocycles. The lowest BCUT2D eigenvalue weighted by atomic mass is 10.2. The van der Waals surface area contributed by atoms with Gasteiger partial charge in [-0.2, -0.15) is 0 Å². The van der Waals surface area contributed by atoms with Gasteiger partial charge in [0.25, 0.3) is 0 Å². The molecule has 1 aromatic carbocycles. The van der Waals surface area contributed by atoms with Crippen molar-refractivity contribution in [2.24, 2.45) is 0 Å². The van der Waals surface area contributed by atoms with Crippen molar-refractivity contribution in [1.29, 1.82) is 0 Å². The van der Waals surface area contributed by atoms with E-state index in [0.29, 0.717) is 10.8 Å². The molecule has 0 aliphatic rings. The molecule has 110 valence electrons. The van der Waals surface area contributed by atoms with E-state index in [2.05, 4.69) is 15.6 Å². The van der Waals surface area contributed by atoms with E-state index in [4.69, 9.17) is 4.74 Å². The monoisotopic (exact) mass is 305 g/mol. The topological polar surface area (TPSA) is 80.3 Å². The minimum Gasteiger partial charge on any atom is -0.461 e. The predicted octanol–water partition coefficient (Wildman–Crippen LogP) is 3.27. The van der Waals surface area contributed by atoms with Crippen molar-refractivity contribution in [2.75, 3.05) is 17.2 Å². The van der Waals surface area contributed by atoms with Crippen LogP contribution in [-0.2, 0) is 4.74 Å². The third kappa shape index (κ3) is 4.28. The minimum absolute atomic E-state index is 0.187. The number of hydrogen-bond acceptors (Lipinski definition) is 5. The van der Waals surface area contributed by atoms with Gasteiger partial charge in [0.2, 0.25) is 0 Å². The molecule has 1 aromatic heterocycles. The number of rotatable bonds is 4. The van der Waals surface area contributed by atoms with Gasteiger partial charge in [0.05, 0.1) is 6.61 Å². The Labute approximate surface area is 126 Å². The molecule has 0 saturated heterocycles. The quantitative estimate of drug-likeness (QED) is 0.850. The van der Waals surface area contributed by atoms with Gasteiger partial charge in [0.1, 0.15) is 0 Å². The Hall–Kier alpha value is -2.41. The summed E-state index contributed by atoms with van der Waals surface area (Å²) in [4.78, 5) is 27.3. The third-order valence-electron chi connectivity index (χ3n) is 2.52. The van der Waals surface area contributed by atoms with Gasteiger partial charge >= 0.3 is 12.0 Å². The zero-order valence-corrected chi connectivity index (χ0v) is 12.5. The fourth-order valence-electron chi connectivity index (χ4n) is 1.53. The standard InChI is InChI=1S/C14H15N3O3S/c1-3-20-12(18)11-8-21-14(16-11)17-13(19)15-10-6-4-9(2)5-7-10/h4-8H,3H2,1-2H3,(H2,15,16,17,19). The number of urea groups is 1. The summed E-state index contributed by atoms with van der Waals surface area (Å²) in [6.07, 6.45) is 0. The van der Waals surface area contributed by atoms with Gasteiger partial charge in [-0.05, 0) is 26.0 Å². The van der Waals surface area contributed by atoms with Crippen LogP contribution in [0.25, 0.3) is 0 Å². The molecule has 0 bridgehead atoms. The number of ether oxygens (including phenoxy) is 1. The molecule has 7 heteroatoms. The second-order valence-electron chi connectivity index (χ2n) is 4.20. The fourth-order valence-corrected chi connectivity index (χ4v) is 2.20. The van der Waals surface area contributed by atoms with Crippen molar-refractivity contribution in [1.82, 2.24) is 4.98 Å². The van der Waals surface area contributed by atoms with E-state index in [0.717, 1.165) is 16.9 Å². The molecule has 2 aromatic rings. The smallest absolute Gasteiger partial charge is 0.357 e. The van der Waals surface area contributed by atoms with Crippen LogP contribution in [0.5, 0.6) is 0 Å². The molecule has 0 atom stereocenters. The number of nitrogens with one attached hydrogen (secondary N) is 2. The summed E-state index contributed by atoms with van der Waals surface area (Å²) in [7, 11) is 0. The average Bonchev–Trinajstić information content (AvgIpc) is 2.90. The van der Waals surface area contributed by atoms with Crippen LogP contribution in [0.15, 0.2) is 29.6 Å². The number of aromatic nitrogens is 1. The molecule has 0 unspecified atom stereocenters. The zero-order valence-electron chi connectivity index (χ0n) is 11.7. The number of carbonyl (C=O) groups excluding carboxylic acids is 2. The summed E-state index contributed by atoms with van der Waals surface area (Å²) in [6.45, 7) is 3.97. The molecule has 6 nitrogen and oxygen atoms in total. The van der Waals surface area contributed by atoms with Gasteiger partial charge in [0, 0.05) is 11.1 Å². The Morgan fingerprint density at radius 1 is 1.24 bits per heavy atom. The third-order valence-corrected chi connectivity index (χ3v) is 3.28. The van der Waals surface area contributed by atoms with Crippen LogP contribution in [-0.4, -0.2) is 23.6 Å². The lowest BCUT2D eigenvalue weighted by Gasteiger charge is -2.05. The van der Waals surface area contributed by atoms with E-state index in [1.54, 1.807) is 24.4 Å². The molecule has 0 aliphatic heterocycles. The highest BCUT2D eigenvalue weighted by Gasteiger charge is 2.13. The summed E-state index contributed by atoms with van der Waals surface area (Å²) in [5.41, 5.74) is 1.98. The van der Waals surface area contributed by atoms with E-state index in [1.807, 2.05) is 19.1 Å². The second kappa shape index (κ2) is 6.85. The normalized spacial score (nSPS) is 10.0. The number of amides is 2. The molecule has 2 amide bonds. The van der Waals surface area contributed by atoms with E-state index in [9.17, 15) is 9.59 Å². The molecule has 0 saturated carbocycles. The maximum atomic E-state index is 11.8. The van der Waals surface area contributed by atoms with Crippen LogP contribution in [0.1, 0.15) is 23.0 Å². The summed E-state index contributed by atoms with van der Waals surface area (Å²) in [5, 5.41) is 7.13. The first-order valence-electron chi connectivity index (χ1n) is 6.36.